The van der Waals surface area contributed by atoms with Crippen LogP contribution in [0.25, 0.3) is 0 Å². The molecule has 2 aromatic rings. The van der Waals surface area contributed by atoms with Gasteiger partial charge >= 0.3 is 0 Å². The van der Waals surface area contributed by atoms with Crippen molar-refractivity contribution in [3.8, 4) is 11.5 Å². The van der Waals surface area contributed by atoms with Crippen LogP contribution in [-0.2, 0) is 0 Å². The van der Waals surface area contributed by atoms with Crippen LogP contribution in [0.15, 0.2) is 45.6 Å². The molecule has 0 saturated carbocycles. The van der Waals surface area contributed by atoms with Crippen LogP contribution < -0.4 is 4.74 Å². The molecule has 0 amide bonds. The highest BCUT2D eigenvalue weighted by Gasteiger charge is 2.26. The second kappa shape index (κ2) is 9.81. The maximum absolute atomic E-state index is 10.3. The minimum absolute atomic E-state index is 0.103. The fraction of sp³-hybridized carbons (Fsp3) is 0.278. The van der Waals surface area contributed by atoms with Crippen molar-refractivity contribution in [3.63, 3.8) is 0 Å². The first kappa shape index (κ1) is 22.1. The van der Waals surface area contributed by atoms with Crippen molar-refractivity contribution in [1.82, 2.24) is 0 Å². The van der Waals surface area contributed by atoms with E-state index in [0.29, 0.717) is 15.7 Å². The summed E-state index contributed by atoms with van der Waals surface area (Å²) in [4.78, 5) is 4.00. The Morgan fingerprint density at radius 3 is 2.18 bits per heavy atom. The number of hydrogen-bond acceptors (Lipinski definition) is 8. The van der Waals surface area contributed by atoms with E-state index in [-0.39, 0.29) is 22.7 Å². The van der Waals surface area contributed by atoms with E-state index >= 15 is 0 Å². The van der Waals surface area contributed by atoms with Crippen LogP contribution in [0.3, 0.4) is 0 Å². The topological polar surface area (TPSA) is 127 Å². The standard InChI is InChI=1S/C18H19Cl2N3O5/c1-28-15-6-12(22-23-16-13(19)3-2-4-14(16)20)5-11(17(15)27)7-21-18(8-24,9-25)10-26/h2-7,24-27H,8-10H2,1H3. The summed E-state index contributed by atoms with van der Waals surface area (Å²) in [5.41, 5.74) is -0.719. The molecule has 8 nitrogen and oxygen atoms in total. The number of hydrogen-bond donors (Lipinski definition) is 4. The van der Waals surface area contributed by atoms with Gasteiger partial charge in [-0.3, -0.25) is 4.99 Å². The first-order valence-electron chi connectivity index (χ1n) is 8.04. The maximum atomic E-state index is 10.3. The highest BCUT2D eigenvalue weighted by Crippen LogP contribution is 2.37. The zero-order chi connectivity index (χ0) is 20.7. The van der Waals surface area contributed by atoms with Gasteiger partial charge in [-0.2, -0.15) is 5.11 Å². The Labute approximate surface area is 171 Å². The first-order valence-corrected chi connectivity index (χ1v) is 8.80. The summed E-state index contributed by atoms with van der Waals surface area (Å²) < 4.78 is 5.12. The van der Waals surface area contributed by atoms with Crippen LogP contribution in [0.4, 0.5) is 11.4 Å². The Hall–Kier alpha value is -2.23. The summed E-state index contributed by atoms with van der Waals surface area (Å²) in [6, 6.07) is 7.81. The van der Waals surface area contributed by atoms with Gasteiger partial charge in [-0.15, -0.1) is 5.11 Å². The van der Waals surface area contributed by atoms with Gasteiger partial charge in [0, 0.05) is 17.8 Å². The summed E-state index contributed by atoms with van der Waals surface area (Å²) in [6.45, 7) is -1.75. The number of phenolic OH excluding ortho intramolecular Hbond substituents is 1. The molecule has 0 radical (unpaired) electrons. The predicted octanol–water partition coefficient (Wildman–Crippen LogP) is 3.26. The number of nitrogens with zero attached hydrogens (tertiary/aromatic N) is 3. The monoisotopic (exact) mass is 427 g/mol. The molecule has 28 heavy (non-hydrogen) atoms. The van der Waals surface area contributed by atoms with Crippen molar-refractivity contribution in [2.75, 3.05) is 26.9 Å². The number of aliphatic hydroxyl groups excluding tert-OH is 3. The third-order valence-electron chi connectivity index (χ3n) is 3.87. The normalized spacial score (nSPS) is 12.2. The number of benzene rings is 2. The molecule has 0 aliphatic rings. The number of aliphatic imine (C=N–C) groups is 1. The third-order valence-corrected chi connectivity index (χ3v) is 4.48. The molecule has 0 heterocycles. The van der Waals surface area contributed by atoms with Crippen molar-refractivity contribution in [3.05, 3.63) is 45.9 Å². The van der Waals surface area contributed by atoms with E-state index in [0.717, 1.165) is 0 Å². The van der Waals surface area contributed by atoms with Gasteiger partial charge in [-0.1, -0.05) is 29.3 Å². The third kappa shape index (κ3) is 4.98. The molecule has 0 aliphatic carbocycles. The molecule has 150 valence electrons. The van der Waals surface area contributed by atoms with E-state index in [1.165, 1.54) is 25.5 Å². The zero-order valence-electron chi connectivity index (χ0n) is 14.9. The minimum atomic E-state index is -1.48. The molecule has 4 N–H and O–H groups in total. The smallest absolute Gasteiger partial charge is 0.166 e. The molecule has 0 spiro atoms. The van der Waals surface area contributed by atoms with Gasteiger partial charge in [0.1, 0.15) is 11.2 Å². The number of phenols is 1. The lowest BCUT2D eigenvalue weighted by Crippen LogP contribution is -2.39. The van der Waals surface area contributed by atoms with E-state index in [4.69, 9.17) is 27.9 Å². The summed E-state index contributed by atoms with van der Waals surface area (Å²) in [5.74, 6) is -0.130. The lowest BCUT2D eigenvalue weighted by atomic mass is 10.0. The van der Waals surface area contributed by atoms with Crippen LogP contribution in [-0.4, -0.2) is 59.1 Å². The van der Waals surface area contributed by atoms with E-state index in [1.54, 1.807) is 18.2 Å². The average molecular weight is 428 g/mol. The minimum Gasteiger partial charge on any atom is -0.504 e. The molecule has 0 bridgehead atoms. The van der Waals surface area contributed by atoms with E-state index < -0.39 is 25.4 Å². The Bertz CT molecular complexity index is 857. The average Bonchev–Trinajstić information content (AvgIpc) is 2.70. The molecular formula is C18H19Cl2N3O5. The fourth-order valence-electron chi connectivity index (χ4n) is 2.10. The Kier molecular flexibility index (Phi) is 7.73. The molecule has 2 aromatic carbocycles. The lowest BCUT2D eigenvalue weighted by Gasteiger charge is -2.22. The van der Waals surface area contributed by atoms with Gasteiger partial charge in [-0.25, -0.2) is 0 Å². The second-order valence-corrected chi connectivity index (χ2v) is 6.63. The predicted molar refractivity (Wildman–Crippen MR) is 107 cm³/mol. The number of methoxy groups -OCH3 is 1. The van der Waals surface area contributed by atoms with Crippen LogP contribution in [0.2, 0.25) is 10.0 Å². The van der Waals surface area contributed by atoms with Crippen molar-refractivity contribution < 1.29 is 25.2 Å². The first-order chi connectivity index (χ1) is 13.4. The quantitative estimate of drug-likeness (QED) is 0.379. The zero-order valence-corrected chi connectivity index (χ0v) is 16.4. The van der Waals surface area contributed by atoms with Gasteiger partial charge in [0.15, 0.2) is 11.5 Å². The Morgan fingerprint density at radius 2 is 1.64 bits per heavy atom. The van der Waals surface area contributed by atoms with Gasteiger partial charge < -0.3 is 25.2 Å². The molecular weight excluding hydrogens is 409 g/mol. The van der Waals surface area contributed by atoms with Crippen molar-refractivity contribution in [2.24, 2.45) is 15.2 Å². The molecule has 0 fully saturated rings. The molecule has 0 atom stereocenters. The Morgan fingerprint density at radius 1 is 1.04 bits per heavy atom. The SMILES string of the molecule is COc1cc(N=Nc2c(Cl)cccc2Cl)cc(C=NC(CO)(CO)CO)c1O. The van der Waals surface area contributed by atoms with E-state index in [9.17, 15) is 20.4 Å². The van der Waals surface area contributed by atoms with E-state index in [1.807, 2.05) is 0 Å². The summed E-state index contributed by atoms with van der Waals surface area (Å²) in [6.07, 6.45) is 1.20. The van der Waals surface area contributed by atoms with Gasteiger partial charge in [0.2, 0.25) is 0 Å². The molecule has 0 unspecified atom stereocenters. The van der Waals surface area contributed by atoms with Crippen LogP contribution >= 0.6 is 23.2 Å². The number of azo groups is 1. The summed E-state index contributed by atoms with van der Waals surface area (Å²) in [7, 11) is 1.36. The Balaban J connectivity index is 2.45. The van der Waals surface area contributed by atoms with Crippen molar-refractivity contribution >= 4 is 40.8 Å². The fourth-order valence-corrected chi connectivity index (χ4v) is 2.57. The van der Waals surface area contributed by atoms with Gasteiger partial charge in [0.05, 0.1) is 42.7 Å². The van der Waals surface area contributed by atoms with Gasteiger partial charge in [0.25, 0.3) is 0 Å². The van der Waals surface area contributed by atoms with Crippen molar-refractivity contribution in [2.45, 2.75) is 5.54 Å². The molecule has 0 saturated heterocycles. The van der Waals surface area contributed by atoms with Crippen LogP contribution in [0.1, 0.15) is 5.56 Å². The summed E-state index contributed by atoms with van der Waals surface area (Å²) >= 11 is 12.1. The molecule has 2 rings (SSSR count). The highest BCUT2D eigenvalue weighted by molar-refractivity contribution is 6.38. The number of aromatic hydroxyl groups is 1. The largest absolute Gasteiger partial charge is 0.504 e. The van der Waals surface area contributed by atoms with Gasteiger partial charge in [-0.05, 0) is 18.2 Å². The molecule has 0 aromatic heterocycles. The number of ether oxygens (including phenoxy) is 1. The number of aliphatic hydroxyl groups is 3. The second-order valence-electron chi connectivity index (χ2n) is 5.81. The summed E-state index contributed by atoms with van der Waals surface area (Å²) in [5, 5.41) is 47.1. The molecule has 0 aliphatic heterocycles. The highest BCUT2D eigenvalue weighted by atomic mass is 35.5. The maximum Gasteiger partial charge on any atom is 0.166 e. The van der Waals surface area contributed by atoms with E-state index in [2.05, 4.69) is 15.2 Å². The number of rotatable bonds is 8. The lowest BCUT2D eigenvalue weighted by molar-refractivity contribution is 0.0718. The van der Waals surface area contributed by atoms with Crippen LogP contribution in [0.5, 0.6) is 11.5 Å². The molecule has 10 heteroatoms. The van der Waals surface area contributed by atoms with Crippen molar-refractivity contribution in [1.29, 1.82) is 0 Å². The number of halogens is 2. The van der Waals surface area contributed by atoms with Crippen LogP contribution in [0, 0.1) is 0 Å².